The highest BCUT2D eigenvalue weighted by Crippen LogP contribution is 2.10. The Hall–Kier alpha value is -1.97. The van der Waals surface area contributed by atoms with Crippen molar-refractivity contribution in [3.8, 4) is 0 Å². The third kappa shape index (κ3) is 3.74. The van der Waals surface area contributed by atoms with Crippen LogP contribution in [-0.4, -0.2) is 50.0 Å². The number of carbonyl (C=O) groups excluding carboxylic acids is 2. The Kier molecular flexibility index (Phi) is 4.44. The molecule has 0 atom stereocenters. The van der Waals surface area contributed by atoms with E-state index in [-0.39, 0.29) is 11.8 Å². The lowest BCUT2D eigenvalue weighted by molar-refractivity contribution is -0.121. The van der Waals surface area contributed by atoms with Gasteiger partial charge in [0.25, 0.3) is 5.91 Å². The maximum Gasteiger partial charge on any atom is 0.267 e. The number of aryl methyl sites for hydroxylation is 1. The molecule has 1 aromatic heterocycles. The van der Waals surface area contributed by atoms with Crippen LogP contribution < -0.4 is 10.7 Å². The molecule has 0 saturated carbocycles. The Labute approximate surface area is 113 Å². The first kappa shape index (κ1) is 13.5. The van der Waals surface area contributed by atoms with Crippen LogP contribution in [0, 0.1) is 0 Å². The van der Waals surface area contributed by atoms with Crippen molar-refractivity contribution in [2.75, 3.05) is 12.3 Å². The van der Waals surface area contributed by atoms with E-state index in [1.165, 1.54) is 11.8 Å². The summed E-state index contributed by atoms with van der Waals surface area (Å²) in [5, 5.41) is 18.2. The summed E-state index contributed by atoms with van der Waals surface area (Å²) in [4.78, 5) is 22.6. The van der Waals surface area contributed by atoms with Crippen molar-refractivity contribution < 1.29 is 9.59 Å². The molecule has 0 unspecified atom stereocenters. The number of nitrogens with zero attached hydrogens (tertiary/aromatic N) is 5. The van der Waals surface area contributed by atoms with Crippen LogP contribution in [0.1, 0.15) is 12.8 Å². The fraction of sp³-hybridized carbons (Fsp3) is 0.556. The minimum absolute atomic E-state index is 0.165. The summed E-state index contributed by atoms with van der Waals surface area (Å²) in [5.41, 5.74) is 2.64. The van der Waals surface area contributed by atoms with Gasteiger partial charge in [0.1, 0.15) is 5.71 Å². The van der Waals surface area contributed by atoms with Crippen LogP contribution in [0.3, 0.4) is 0 Å². The van der Waals surface area contributed by atoms with E-state index in [4.69, 9.17) is 0 Å². The smallest absolute Gasteiger partial charge is 0.267 e. The van der Waals surface area contributed by atoms with E-state index in [0.29, 0.717) is 36.0 Å². The molecule has 10 heteroatoms. The number of tetrazole rings is 1. The summed E-state index contributed by atoms with van der Waals surface area (Å²) in [7, 11) is 1.75. The van der Waals surface area contributed by atoms with Gasteiger partial charge in [0.2, 0.25) is 11.1 Å². The zero-order valence-electron chi connectivity index (χ0n) is 10.3. The van der Waals surface area contributed by atoms with E-state index in [9.17, 15) is 9.59 Å². The van der Waals surface area contributed by atoms with Gasteiger partial charge >= 0.3 is 0 Å². The summed E-state index contributed by atoms with van der Waals surface area (Å²) in [6.45, 7) is 0.476. The van der Waals surface area contributed by atoms with Gasteiger partial charge in [-0.3, -0.25) is 9.59 Å². The van der Waals surface area contributed by atoms with E-state index >= 15 is 0 Å². The molecule has 0 radical (unpaired) electrons. The molecule has 0 bridgehead atoms. The molecular weight excluding hydrogens is 270 g/mol. The van der Waals surface area contributed by atoms with Crippen LogP contribution in [0.5, 0.6) is 0 Å². The zero-order valence-corrected chi connectivity index (χ0v) is 11.1. The Morgan fingerprint density at radius 1 is 1.53 bits per heavy atom. The molecule has 2 heterocycles. The summed E-state index contributed by atoms with van der Waals surface area (Å²) in [6, 6.07) is 0. The highest BCUT2D eigenvalue weighted by atomic mass is 32.2. The van der Waals surface area contributed by atoms with Crippen molar-refractivity contribution in [1.82, 2.24) is 30.9 Å². The first-order valence-electron chi connectivity index (χ1n) is 5.65. The maximum absolute atomic E-state index is 11.7. The number of hydrogen-bond acceptors (Lipinski definition) is 7. The predicted molar refractivity (Wildman–Crippen MR) is 67.3 cm³/mol. The number of carbonyl (C=O) groups is 2. The molecule has 1 aliphatic rings. The quantitative estimate of drug-likeness (QED) is 0.512. The average Bonchev–Trinajstić information content (AvgIpc) is 2.81. The standard InChI is InChI=1S/C9H13N7O2S/c1-16-9(13-14-15-16)19-5-4-10-8(18)6-2-3-7(17)12-11-6/h2-5H2,1H3,(H,10,18)(H,12,17). The third-order valence-corrected chi connectivity index (χ3v) is 3.38. The second-order valence-corrected chi connectivity index (χ2v) is 4.84. The number of hydrazone groups is 1. The first-order chi connectivity index (χ1) is 9.16. The minimum Gasteiger partial charge on any atom is -0.350 e. The Balaban J connectivity index is 1.70. The van der Waals surface area contributed by atoms with E-state index in [1.54, 1.807) is 11.7 Å². The van der Waals surface area contributed by atoms with E-state index in [2.05, 4.69) is 31.4 Å². The number of rotatable bonds is 5. The van der Waals surface area contributed by atoms with Gasteiger partial charge in [-0.1, -0.05) is 11.8 Å². The summed E-state index contributed by atoms with van der Waals surface area (Å²) in [6.07, 6.45) is 0.670. The molecule has 2 amide bonds. The van der Waals surface area contributed by atoms with Crippen LogP contribution >= 0.6 is 11.8 Å². The number of nitrogens with one attached hydrogen (secondary N) is 2. The van der Waals surface area contributed by atoms with Gasteiger partial charge in [-0.2, -0.15) is 5.10 Å². The molecule has 0 saturated heterocycles. The molecule has 0 fully saturated rings. The SMILES string of the molecule is Cn1nnnc1SCCNC(=O)C1=NNC(=O)CC1. The largest absolute Gasteiger partial charge is 0.350 e. The molecule has 2 rings (SSSR count). The maximum atomic E-state index is 11.7. The average molecular weight is 283 g/mol. The molecule has 1 aliphatic heterocycles. The van der Waals surface area contributed by atoms with Crippen LogP contribution in [0.25, 0.3) is 0 Å². The van der Waals surface area contributed by atoms with Crippen LogP contribution in [-0.2, 0) is 16.6 Å². The van der Waals surface area contributed by atoms with Crippen molar-refractivity contribution in [1.29, 1.82) is 0 Å². The lowest BCUT2D eigenvalue weighted by atomic mass is 10.2. The van der Waals surface area contributed by atoms with Crippen LogP contribution in [0.15, 0.2) is 10.3 Å². The molecule has 9 nitrogen and oxygen atoms in total. The molecule has 102 valence electrons. The second-order valence-electron chi connectivity index (χ2n) is 3.78. The van der Waals surface area contributed by atoms with Crippen LogP contribution in [0.4, 0.5) is 0 Å². The summed E-state index contributed by atoms with van der Waals surface area (Å²) < 4.78 is 1.56. The van der Waals surface area contributed by atoms with Gasteiger partial charge in [-0.25, -0.2) is 10.1 Å². The molecule has 0 spiro atoms. The van der Waals surface area contributed by atoms with E-state index in [0.717, 1.165) is 0 Å². The molecule has 2 N–H and O–H groups in total. The number of hydrogen-bond donors (Lipinski definition) is 2. The summed E-state index contributed by atoms with van der Waals surface area (Å²) >= 11 is 1.45. The third-order valence-electron chi connectivity index (χ3n) is 2.37. The lowest BCUT2D eigenvalue weighted by Crippen LogP contribution is -2.37. The molecule has 0 aromatic carbocycles. The van der Waals surface area contributed by atoms with Crippen molar-refractivity contribution in [2.45, 2.75) is 18.0 Å². The van der Waals surface area contributed by atoms with Crippen molar-refractivity contribution in [3.63, 3.8) is 0 Å². The predicted octanol–water partition coefficient (Wildman–Crippen LogP) is -1.32. The van der Waals surface area contributed by atoms with Gasteiger partial charge in [0.05, 0.1) is 0 Å². The lowest BCUT2D eigenvalue weighted by Gasteiger charge is -2.11. The van der Waals surface area contributed by atoms with Crippen molar-refractivity contribution >= 4 is 29.3 Å². The van der Waals surface area contributed by atoms with Gasteiger partial charge < -0.3 is 5.32 Å². The topological polar surface area (TPSA) is 114 Å². The van der Waals surface area contributed by atoms with E-state index < -0.39 is 0 Å². The molecular formula is C9H13N7O2S. The van der Waals surface area contributed by atoms with Crippen molar-refractivity contribution in [2.24, 2.45) is 12.1 Å². The first-order valence-corrected chi connectivity index (χ1v) is 6.64. The second kappa shape index (κ2) is 6.27. The fourth-order valence-electron chi connectivity index (χ4n) is 1.39. The Morgan fingerprint density at radius 3 is 3.00 bits per heavy atom. The Bertz CT molecular complexity index is 512. The number of amides is 2. The monoisotopic (exact) mass is 283 g/mol. The van der Waals surface area contributed by atoms with E-state index in [1.807, 2.05) is 0 Å². The van der Waals surface area contributed by atoms with Crippen LogP contribution in [0.2, 0.25) is 0 Å². The normalized spacial score (nSPS) is 14.8. The molecule has 1 aromatic rings. The highest BCUT2D eigenvalue weighted by molar-refractivity contribution is 7.99. The molecule has 0 aliphatic carbocycles. The van der Waals surface area contributed by atoms with Crippen molar-refractivity contribution in [3.05, 3.63) is 0 Å². The van der Waals surface area contributed by atoms with Gasteiger partial charge in [0, 0.05) is 32.2 Å². The van der Waals surface area contributed by atoms with Gasteiger partial charge in [-0.15, -0.1) is 5.10 Å². The van der Waals surface area contributed by atoms with Gasteiger partial charge in [-0.05, 0) is 10.4 Å². The fourth-order valence-corrected chi connectivity index (χ4v) is 2.09. The highest BCUT2D eigenvalue weighted by Gasteiger charge is 2.17. The Morgan fingerprint density at radius 2 is 2.37 bits per heavy atom. The van der Waals surface area contributed by atoms with Gasteiger partial charge in [0.15, 0.2) is 0 Å². The number of thioether (sulfide) groups is 1. The number of aromatic nitrogens is 4. The molecule has 19 heavy (non-hydrogen) atoms. The summed E-state index contributed by atoms with van der Waals surface area (Å²) in [5.74, 6) is 0.234. The zero-order chi connectivity index (χ0) is 13.7. The minimum atomic E-state index is -0.253.